The molecular formula is C26H42N2O4. The molecule has 0 aliphatic carbocycles. The normalized spacial score (nSPS) is 19.5. The van der Waals surface area contributed by atoms with Gasteiger partial charge >= 0.3 is 0 Å². The second-order valence-electron chi connectivity index (χ2n) is 10.2. The number of nitrogens with one attached hydrogen (secondary N) is 1. The van der Waals surface area contributed by atoms with Gasteiger partial charge in [0, 0.05) is 25.4 Å². The molecule has 6 nitrogen and oxygen atoms in total. The summed E-state index contributed by atoms with van der Waals surface area (Å²) < 4.78 is 11.4. The summed E-state index contributed by atoms with van der Waals surface area (Å²) in [6, 6.07) is 5.72. The molecule has 32 heavy (non-hydrogen) atoms. The zero-order valence-corrected chi connectivity index (χ0v) is 20.2. The van der Waals surface area contributed by atoms with Gasteiger partial charge in [0.1, 0.15) is 13.2 Å². The third kappa shape index (κ3) is 7.11. The Hall–Kier alpha value is -1.79. The lowest BCUT2D eigenvalue weighted by atomic mass is 9.90. The number of rotatable bonds is 12. The first-order valence-corrected chi connectivity index (χ1v) is 12.4. The smallest absolute Gasteiger partial charge is 0.220 e. The Labute approximate surface area is 193 Å². The fraction of sp³-hybridized carbons (Fsp3) is 0.731. The molecular weight excluding hydrogens is 404 g/mol. The topological polar surface area (TPSA) is 71.0 Å². The summed E-state index contributed by atoms with van der Waals surface area (Å²) in [7, 11) is 0. The summed E-state index contributed by atoms with van der Waals surface area (Å²) in [5.74, 6) is 1.35. The number of ether oxygens (including phenoxy) is 2. The molecule has 1 saturated heterocycles. The minimum atomic E-state index is -0.196. The van der Waals surface area contributed by atoms with Crippen LogP contribution in [0.15, 0.2) is 18.2 Å². The number of likely N-dealkylation sites (tertiary alicyclic amines) is 1. The summed E-state index contributed by atoms with van der Waals surface area (Å²) in [5.41, 5.74) is 1.27. The van der Waals surface area contributed by atoms with Crippen molar-refractivity contribution in [3.8, 4) is 11.5 Å². The first-order valence-electron chi connectivity index (χ1n) is 12.4. The van der Waals surface area contributed by atoms with Crippen molar-refractivity contribution in [3.05, 3.63) is 23.8 Å². The summed E-state index contributed by atoms with van der Waals surface area (Å²) in [6.45, 7) is 10.6. The summed E-state index contributed by atoms with van der Waals surface area (Å²) in [5, 5.41) is 13.7. The first-order chi connectivity index (χ1) is 15.4. The minimum Gasteiger partial charge on any atom is -0.486 e. The number of nitrogens with zero attached hydrogens (tertiary/aromatic N) is 1. The molecule has 0 bridgehead atoms. The van der Waals surface area contributed by atoms with Crippen LogP contribution in [0.4, 0.5) is 0 Å². The van der Waals surface area contributed by atoms with Crippen LogP contribution < -0.4 is 14.8 Å². The molecule has 6 heteroatoms. The third-order valence-corrected chi connectivity index (χ3v) is 6.74. The molecule has 2 heterocycles. The van der Waals surface area contributed by atoms with E-state index in [1.807, 2.05) is 18.2 Å². The number of aliphatic hydroxyl groups excluding tert-OH is 1. The highest BCUT2D eigenvalue weighted by molar-refractivity contribution is 5.76. The van der Waals surface area contributed by atoms with E-state index in [0.717, 1.165) is 56.0 Å². The number of unbranched alkanes of at least 4 members (excludes halogenated alkanes) is 4. The lowest BCUT2D eigenvalue weighted by Crippen LogP contribution is -2.48. The molecule has 2 atom stereocenters. The minimum absolute atomic E-state index is 0.0294. The number of fused-ring (bicyclic) bond motifs is 1. The molecule has 1 aromatic carbocycles. The second-order valence-corrected chi connectivity index (χ2v) is 10.2. The van der Waals surface area contributed by atoms with E-state index in [-0.39, 0.29) is 24.5 Å². The molecule has 1 unspecified atom stereocenters. The van der Waals surface area contributed by atoms with Crippen LogP contribution in [0, 0.1) is 5.41 Å². The lowest BCUT2D eigenvalue weighted by Gasteiger charge is -2.32. The molecule has 0 radical (unpaired) electrons. The quantitative estimate of drug-likeness (QED) is 0.473. The van der Waals surface area contributed by atoms with Crippen molar-refractivity contribution in [2.24, 2.45) is 5.41 Å². The molecule has 2 N–H and O–H groups in total. The zero-order chi connectivity index (χ0) is 23.0. The van der Waals surface area contributed by atoms with Gasteiger partial charge in [-0.25, -0.2) is 0 Å². The van der Waals surface area contributed by atoms with Crippen molar-refractivity contribution in [2.45, 2.75) is 77.7 Å². The van der Waals surface area contributed by atoms with Gasteiger partial charge in [-0.05, 0) is 42.5 Å². The van der Waals surface area contributed by atoms with Gasteiger partial charge in [-0.15, -0.1) is 0 Å². The maximum absolute atomic E-state index is 12.8. The van der Waals surface area contributed by atoms with Crippen LogP contribution in [0.5, 0.6) is 11.5 Å². The molecule has 2 aliphatic heterocycles. The number of benzene rings is 1. The Morgan fingerprint density at radius 1 is 1.16 bits per heavy atom. The largest absolute Gasteiger partial charge is 0.486 e. The van der Waals surface area contributed by atoms with E-state index in [1.54, 1.807) is 0 Å². The highest BCUT2D eigenvalue weighted by Gasteiger charge is 2.33. The van der Waals surface area contributed by atoms with Gasteiger partial charge in [-0.1, -0.05) is 52.5 Å². The molecule has 180 valence electrons. The molecule has 1 amide bonds. The number of carbonyl (C=O) groups is 1. The van der Waals surface area contributed by atoms with Gasteiger partial charge in [-0.3, -0.25) is 4.79 Å². The third-order valence-electron chi connectivity index (χ3n) is 6.74. The maximum Gasteiger partial charge on any atom is 0.220 e. The standard InChI is InChI=1S/C26H42N2O4/c1-4-5-6-7-8-9-25(30)27-22(17-28-13-12-26(2,3)19-28)21(18-29)20-10-11-23-24(16-20)32-15-14-31-23/h10-11,16,21-22,29H,4-9,12-15,17-19H2,1-3H3,(H,27,30)/t21?,22-/m1/s1. The number of amides is 1. The van der Waals surface area contributed by atoms with E-state index in [1.165, 1.54) is 19.3 Å². The number of hydrogen-bond donors (Lipinski definition) is 2. The van der Waals surface area contributed by atoms with Crippen LogP contribution in [0.2, 0.25) is 0 Å². The Morgan fingerprint density at radius 2 is 1.91 bits per heavy atom. The molecule has 0 spiro atoms. The van der Waals surface area contributed by atoms with Crippen LogP contribution in [0.1, 0.15) is 77.2 Å². The summed E-state index contributed by atoms with van der Waals surface area (Å²) >= 11 is 0. The van der Waals surface area contributed by atoms with Crippen molar-refractivity contribution < 1.29 is 19.4 Å². The fourth-order valence-electron chi connectivity index (χ4n) is 4.86. The predicted octanol–water partition coefficient (Wildman–Crippen LogP) is 4.11. The zero-order valence-electron chi connectivity index (χ0n) is 20.2. The van der Waals surface area contributed by atoms with Crippen LogP contribution >= 0.6 is 0 Å². The predicted molar refractivity (Wildman–Crippen MR) is 127 cm³/mol. The molecule has 2 aliphatic rings. The van der Waals surface area contributed by atoms with Gasteiger partial charge in [0.2, 0.25) is 5.91 Å². The van der Waals surface area contributed by atoms with Crippen LogP contribution in [-0.2, 0) is 4.79 Å². The van der Waals surface area contributed by atoms with E-state index >= 15 is 0 Å². The average Bonchev–Trinajstić information content (AvgIpc) is 3.12. The Balaban J connectivity index is 1.70. The van der Waals surface area contributed by atoms with E-state index in [0.29, 0.717) is 25.0 Å². The number of hydrogen-bond acceptors (Lipinski definition) is 5. The fourth-order valence-corrected chi connectivity index (χ4v) is 4.86. The molecule has 1 aromatic rings. The second kappa shape index (κ2) is 11.9. The van der Waals surface area contributed by atoms with Crippen LogP contribution in [0.3, 0.4) is 0 Å². The Bertz CT molecular complexity index is 737. The van der Waals surface area contributed by atoms with Gasteiger partial charge in [0.25, 0.3) is 0 Å². The van der Waals surface area contributed by atoms with Crippen LogP contribution in [0.25, 0.3) is 0 Å². The van der Waals surface area contributed by atoms with E-state index in [4.69, 9.17) is 9.47 Å². The lowest BCUT2D eigenvalue weighted by molar-refractivity contribution is -0.122. The molecule has 0 aromatic heterocycles. The molecule has 1 fully saturated rings. The van der Waals surface area contributed by atoms with Crippen molar-refractivity contribution in [1.82, 2.24) is 10.2 Å². The van der Waals surface area contributed by atoms with Crippen molar-refractivity contribution in [2.75, 3.05) is 39.5 Å². The summed E-state index contributed by atoms with van der Waals surface area (Å²) in [6.07, 6.45) is 7.33. The first kappa shape index (κ1) is 24.8. The number of aliphatic hydroxyl groups is 1. The monoisotopic (exact) mass is 446 g/mol. The van der Waals surface area contributed by atoms with Gasteiger partial charge in [-0.2, -0.15) is 0 Å². The Morgan fingerprint density at radius 3 is 2.59 bits per heavy atom. The SMILES string of the molecule is CCCCCCCC(=O)N[C@H](CN1CCC(C)(C)C1)C(CO)c1ccc2c(c1)OCCO2. The Kier molecular flexibility index (Phi) is 9.23. The maximum atomic E-state index is 12.8. The van der Waals surface area contributed by atoms with Crippen molar-refractivity contribution in [3.63, 3.8) is 0 Å². The van der Waals surface area contributed by atoms with Crippen LogP contribution in [-0.4, -0.2) is 61.4 Å². The highest BCUT2D eigenvalue weighted by Crippen LogP contribution is 2.35. The molecule has 3 rings (SSSR count). The van der Waals surface area contributed by atoms with Gasteiger partial charge in [0.15, 0.2) is 11.5 Å². The average molecular weight is 447 g/mol. The summed E-state index contributed by atoms with van der Waals surface area (Å²) in [4.78, 5) is 15.2. The van der Waals surface area contributed by atoms with E-state index in [9.17, 15) is 9.90 Å². The molecule has 0 saturated carbocycles. The van der Waals surface area contributed by atoms with E-state index < -0.39 is 0 Å². The van der Waals surface area contributed by atoms with Crippen molar-refractivity contribution >= 4 is 5.91 Å². The highest BCUT2D eigenvalue weighted by atomic mass is 16.6. The number of carbonyl (C=O) groups excluding carboxylic acids is 1. The van der Waals surface area contributed by atoms with Gasteiger partial charge in [0.05, 0.1) is 12.6 Å². The van der Waals surface area contributed by atoms with Gasteiger partial charge < -0.3 is 24.8 Å². The van der Waals surface area contributed by atoms with Crippen molar-refractivity contribution in [1.29, 1.82) is 0 Å². The van der Waals surface area contributed by atoms with E-state index in [2.05, 4.69) is 31.0 Å².